The van der Waals surface area contributed by atoms with Crippen molar-refractivity contribution < 1.29 is 4.74 Å². The van der Waals surface area contributed by atoms with E-state index in [0.29, 0.717) is 13.2 Å². The van der Waals surface area contributed by atoms with E-state index in [4.69, 9.17) is 4.74 Å². The van der Waals surface area contributed by atoms with Crippen LogP contribution in [0.25, 0.3) is 10.2 Å². The van der Waals surface area contributed by atoms with E-state index in [1.54, 1.807) is 24.8 Å². The third kappa shape index (κ3) is 2.82. The van der Waals surface area contributed by atoms with Crippen molar-refractivity contribution in [3.8, 4) is 0 Å². The average molecular weight is 317 g/mol. The lowest BCUT2D eigenvalue weighted by molar-refractivity contribution is 0.182. The Morgan fingerprint density at radius 1 is 1.32 bits per heavy atom. The Bertz CT molecular complexity index is 779. The number of nitrogens with zero attached hydrogens (tertiary/aromatic N) is 4. The lowest BCUT2D eigenvalue weighted by atomic mass is 10.2. The van der Waals surface area contributed by atoms with Crippen LogP contribution in [0.5, 0.6) is 0 Å². The Hall–Kier alpha value is -1.99. The molecule has 0 unspecified atom stereocenters. The van der Waals surface area contributed by atoms with Gasteiger partial charge in [0.2, 0.25) is 0 Å². The fourth-order valence-electron chi connectivity index (χ4n) is 2.49. The Labute approximate surface area is 133 Å². The molecule has 3 aromatic rings. The van der Waals surface area contributed by atoms with Crippen LogP contribution in [-0.4, -0.2) is 33.5 Å². The summed E-state index contributed by atoms with van der Waals surface area (Å²) in [7, 11) is 1.70. The number of methoxy groups -OCH3 is 1. The van der Waals surface area contributed by atoms with Gasteiger partial charge in [0.05, 0.1) is 24.2 Å². The van der Waals surface area contributed by atoms with E-state index in [2.05, 4.69) is 27.3 Å². The maximum Gasteiger partial charge on any atom is 0.138 e. The zero-order chi connectivity index (χ0) is 15.5. The number of rotatable bonds is 6. The highest BCUT2D eigenvalue weighted by molar-refractivity contribution is 7.16. The summed E-state index contributed by atoms with van der Waals surface area (Å²) in [6.07, 6.45) is 1.60. The molecule has 0 fully saturated rings. The van der Waals surface area contributed by atoms with Gasteiger partial charge in [0.25, 0.3) is 0 Å². The lowest BCUT2D eigenvalue weighted by Gasteiger charge is -2.08. The molecule has 0 aliphatic carbocycles. The van der Waals surface area contributed by atoms with Crippen LogP contribution in [0, 0.1) is 13.8 Å². The molecule has 0 aromatic carbocycles. The van der Waals surface area contributed by atoms with Crippen molar-refractivity contribution in [2.45, 2.75) is 26.9 Å². The molecule has 3 aromatic heterocycles. The standard InChI is InChI=1S/C15H19N5OS/c1-10-13(11(2)20(19-10)5-6-21-3)8-16-14-12-4-7-22-15(12)18-9-17-14/h4,7,9H,5-6,8H2,1-3H3,(H,16,17,18). The predicted molar refractivity (Wildman–Crippen MR) is 88.3 cm³/mol. The molecule has 0 aliphatic rings. The highest BCUT2D eigenvalue weighted by Gasteiger charge is 2.12. The monoisotopic (exact) mass is 317 g/mol. The summed E-state index contributed by atoms with van der Waals surface area (Å²) in [5.41, 5.74) is 3.41. The van der Waals surface area contributed by atoms with Crippen molar-refractivity contribution in [3.05, 3.63) is 34.7 Å². The van der Waals surface area contributed by atoms with Crippen LogP contribution >= 0.6 is 11.3 Å². The van der Waals surface area contributed by atoms with E-state index < -0.39 is 0 Å². The second-order valence-electron chi connectivity index (χ2n) is 5.08. The number of aryl methyl sites for hydroxylation is 1. The number of hydrogen-bond acceptors (Lipinski definition) is 6. The van der Waals surface area contributed by atoms with Crippen molar-refractivity contribution >= 4 is 27.4 Å². The Kier molecular flexibility index (Phi) is 4.35. The van der Waals surface area contributed by atoms with Crippen LogP contribution in [-0.2, 0) is 17.8 Å². The zero-order valence-corrected chi connectivity index (χ0v) is 13.8. The largest absolute Gasteiger partial charge is 0.383 e. The highest BCUT2D eigenvalue weighted by atomic mass is 32.1. The van der Waals surface area contributed by atoms with Crippen LogP contribution in [0.4, 0.5) is 5.82 Å². The summed E-state index contributed by atoms with van der Waals surface area (Å²) in [5, 5.41) is 11.1. The van der Waals surface area contributed by atoms with Crippen molar-refractivity contribution in [2.75, 3.05) is 19.0 Å². The number of thiophene rings is 1. The number of ether oxygens (including phenoxy) is 1. The molecule has 0 aliphatic heterocycles. The Morgan fingerprint density at radius 2 is 2.18 bits per heavy atom. The first-order valence-corrected chi connectivity index (χ1v) is 8.02. The van der Waals surface area contributed by atoms with Crippen LogP contribution in [0.1, 0.15) is 17.0 Å². The molecule has 3 heterocycles. The summed E-state index contributed by atoms with van der Waals surface area (Å²) in [6.45, 7) is 6.26. The normalized spacial score (nSPS) is 11.2. The second kappa shape index (κ2) is 6.41. The minimum absolute atomic E-state index is 0.663. The van der Waals surface area contributed by atoms with Crippen molar-refractivity contribution in [1.82, 2.24) is 19.7 Å². The molecule has 1 N–H and O–H groups in total. The molecule has 7 heteroatoms. The van der Waals surface area contributed by atoms with Crippen LogP contribution in [0.3, 0.4) is 0 Å². The molecular weight excluding hydrogens is 298 g/mol. The summed E-state index contributed by atoms with van der Waals surface area (Å²) in [5.74, 6) is 0.870. The predicted octanol–water partition coefficient (Wildman–Crippen LogP) is 2.76. The number of nitrogens with one attached hydrogen (secondary N) is 1. The summed E-state index contributed by atoms with van der Waals surface area (Å²) in [6, 6.07) is 2.05. The van der Waals surface area contributed by atoms with Gasteiger partial charge in [0, 0.05) is 24.9 Å². The Morgan fingerprint density at radius 3 is 3.00 bits per heavy atom. The van der Waals surface area contributed by atoms with Crippen LogP contribution < -0.4 is 5.32 Å². The number of fused-ring (bicyclic) bond motifs is 1. The SMILES string of the molecule is COCCn1nc(C)c(CNc2ncnc3sccc23)c1C. The van der Waals surface area contributed by atoms with Crippen LogP contribution in [0.15, 0.2) is 17.8 Å². The second-order valence-corrected chi connectivity index (χ2v) is 5.98. The van der Waals surface area contributed by atoms with Gasteiger partial charge in [0.15, 0.2) is 0 Å². The molecule has 0 saturated carbocycles. The third-order valence-corrected chi connectivity index (χ3v) is 4.55. The minimum Gasteiger partial charge on any atom is -0.383 e. The Balaban J connectivity index is 1.79. The number of hydrogen-bond donors (Lipinski definition) is 1. The molecule has 0 amide bonds. The number of anilines is 1. The van der Waals surface area contributed by atoms with Crippen molar-refractivity contribution in [1.29, 1.82) is 0 Å². The van der Waals surface area contributed by atoms with Crippen LogP contribution in [0.2, 0.25) is 0 Å². The van der Waals surface area contributed by atoms with E-state index in [9.17, 15) is 0 Å². The number of aromatic nitrogens is 4. The van der Waals surface area contributed by atoms with Gasteiger partial charge in [-0.25, -0.2) is 9.97 Å². The van der Waals surface area contributed by atoms with Gasteiger partial charge in [-0.15, -0.1) is 11.3 Å². The zero-order valence-electron chi connectivity index (χ0n) is 13.0. The molecule has 0 radical (unpaired) electrons. The van der Waals surface area contributed by atoms with Crippen molar-refractivity contribution in [3.63, 3.8) is 0 Å². The first-order chi connectivity index (χ1) is 10.7. The summed E-state index contributed by atoms with van der Waals surface area (Å²) in [4.78, 5) is 9.62. The van der Waals surface area contributed by atoms with Gasteiger partial charge in [-0.05, 0) is 25.3 Å². The third-order valence-electron chi connectivity index (χ3n) is 3.73. The van der Waals surface area contributed by atoms with Gasteiger partial charge in [-0.2, -0.15) is 5.10 Å². The fourth-order valence-corrected chi connectivity index (χ4v) is 3.22. The smallest absolute Gasteiger partial charge is 0.138 e. The van der Waals surface area contributed by atoms with Crippen molar-refractivity contribution in [2.24, 2.45) is 0 Å². The maximum absolute atomic E-state index is 5.13. The minimum atomic E-state index is 0.663. The molecule has 0 saturated heterocycles. The lowest BCUT2D eigenvalue weighted by Crippen LogP contribution is -2.08. The van der Waals surface area contributed by atoms with Gasteiger partial charge in [-0.1, -0.05) is 0 Å². The highest BCUT2D eigenvalue weighted by Crippen LogP contribution is 2.24. The van der Waals surface area contributed by atoms with Gasteiger partial charge >= 0.3 is 0 Å². The van der Waals surface area contributed by atoms with Gasteiger partial charge < -0.3 is 10.1 Å². The first kappa shape index (κ1) is 14.9. The first-order valence-electron chi connectivity index (χ1n) is 7.14. The fraction of sp³-hybridized carbons (Fsp3) is 0.400. The summed E-state index contributed by atoms with van der Waals surface area (Å²) < 4.78 is 7.12. The average Bonchev–Trinajstić information content (AvgIpc) is 3.09. The van der Waals surface area contributed by atoms with E-state index in [1.807, 2.05) is 23.1 Å². The van der Waals surface area contributed by atoms with Gasteiger partial charge in [0.1, 0.15) is 17.0 Å². The van der Waals surface area contributed by atoms with E-state index >= 15 is 0 Å². The topological polar surface area (TPSA) is 64.9 Å². The van der Waals surface area contributed by atoms with E-state index in [0.717, 1.165) is 34.0 Å². The summed E-state index contributed by atoms with van der Waals surface area (Å²) >= 11 is 1.62. The molecule has 22 heavy (non-hydrogen) atoms. The molecule has 0 bridgehead atoms. The molecular formula is C15H19N5OS. The maximum atomic E-state index is 5.13. The van der Waals surface area contributed by atoms with E-state index in [-0.39, 0.29) is 0 Å². The quantitative estimate of drug-likeness (QED) is 0.757. The molecule has 0 atom stereocenters. The molecule has 3 rings (SSSR count). The van der Waals surface area contributed by atoms with Gasteiger partial charge in [-0.3, -0.25) is 4.68 Å². The molecule has 6 nitrogen and oxygen atoms in total. The molecule has 0 spiro atoms. The van der Waals surface area contributed by atoms with E-state index in [1.165, 1.54) is 5.56 Å². The molecule has 116 valence electrons.